The zero-order valence-electron chi connectivity index (χ0n) is 7.96. The highest BCUT2D eigenvalue weighted by molar-refractivity contribution is 5.85. The van der Waals surface area contributed by atoms with Gasteiger partial charge >= 0.3 is 0 Å². The molecule has 0 saturated heterocycles. The van der Waals surface area contributed by atoms with Crippen LogP contribution in [0.15, 0.2) is 0 Å². The molecule has 0 aromatic carbocycles. The Morgan fingerprint density at radius 1 is 1.33 bits per heavy atom. The molecule has 74 valence electrons. The molecule has 0 spiro atoms. The second-order valence-electron chi connectivity index (χ2n) is 4.19. The smallest absolute Gasteiger partial charge is 0.0613 e. The van der Waals surface area contributed by atoms with Crippen molar-refractivity contribution < 1.29 is 4.74 Å². The predicted molar refractivity (Wildman–Crippen MR) is 52.2 cm³/mol. The Morgan fingerprint density at radius 3 is 2.17 bits per heavy atom. The first-order chi connectivity index (χ1) is 5.01. The van der Waals surface area contributed by atoms with Gasteiger partial charge in [0.15, 0.2) is 0 Å². The summed E-state index contributed by atoms with van der Waals surface area (Å²) in [6.07, 6.45) is 2.51. The largest absolute Gasteiger partial charge is 0.373 e. The van der Waals surface area contributed by atoms with Gasteiger partial charge in [0.25, 0.3) is 0 Å². The molecule has 0 bridgehead atoms. The summed E-state index contributed by atoms with van der Waals surface area (Å²) in [6.45, 7) is 6.24. The van der Waals surface area contributed by atoms with Gasteiger partial charge in [-0.3, -0.25) is 11.3 Å². The van der Waals surface area contributed by atoms with E-state index in [4.69, 9.17) is 10.6 Å². The fraction of sp³-hybridized carbons (Fsp3) is 1.00. The fourth-order valence-electron chi connectivity index (χ4n) is 1.30. The van der Waals surface area contributed by atoms with E-state index in [1.165, 1.54) is 0 Å². The number of hydrogen-bond acceptors (Lipinski definition) is 3. The van der Waals surface area contributed by atoms with Crippen molar-refractivity contribution in [3.8, 4) is 0 Å². The van der Waals surface area contributed by atoms with E-state index in [2.05, 4.69) is 26.2 Å². The third-order valence-corrected chi connectivity index (χ3v) is 1.85. The van der Waals surface area contributed by atoms with Crippen LogP contribution in [0.2, 0.25) is 0 Å². The SMILES string of the molecule is CC(C)(C)OC1CC(NN)C1.Cl. The van der Waals surface area contributed by atoms with E-state index in [9.17, 15) is 0 Å². The molecule has 0 aromatic heterocycles. The van der Waals surface area contributed by atoms with E-state index in [1.54, 1.807) is 0 Å². The molecular formula is C8H19ClN2O. The van der Waals surface area contributed by atoms with Gasteiger partial charge in [0.2, 0.25) is 0 Å². The molecule has 12 heavy (non-hydrogen) atoms. The van der Waals surface area contributed by atoms with Crippen LogP contribution in [0.5, 0.6) is 0 Å². The molecule has 0 aliphatic heterocycles. The zero-order chi connectivity index (χ0) is 8.48. The van der Waals surface area contributed by atoms with Crippen LogP contribution in [-0.2, 0) is 4.74 Å². The van der Waals surface area contributed by atoms with Crippen molar-refractivity contribution in [3.63, 3.8) is 0 Å². The second kappa shape index (κ2) is 4.42. The predicted octanol–water partition coefficient (Wildman–Crippen LogP) is 1.22. The van der Waals surface area contributed by atoms with E-state index in [0.717, 1.165) is 12.8 Å². The van der Waals surface area contributed by atoms with Gasteiger partial charge in [-0.25, -0.2) is 0 Å². The lowest BCUT2D eigenvalue weighted by Crippen LogP contribution is -2.50. The highest BCUT2D eigenvalue weighted by atomic mass is 35.5. The van der Waals surface area contributed by atoms with Crippen molar-refractivity contribution in [2.24, 2.45) is 5.84 Å². The van der Waals surface area contributed by atoms with E-state index >= 15 is 0 Å². The standard InChI is InChI=1S/C8H18N2O.ClH/c1-8(2,3)11-7-4-6(5-7)10-9;/h6-7,10H,4-5,9H2,1-3H3;1H. The lowest BCUT2D eigenvalue weighted by atomic mass is 9.89. The monoisotopic (exact) mass is 194 g/mol. The molecule has 3 N–H and O–H groups in total. The third-order valence-electron chi connectivity index (χ3n) is 1.85. The van der Waals surface area contributed by atoms with Gasteiger partial charge in [-0.15, -0.1) is 12.4 Å². The number of halogens is 1. The lowest BCUT2D eigenvalue weighted by molar-refractivity contribution is -0.102. The number of ether oxygens (including phenoxy) is 1. The number of hydrazine groups is 1. The minimum atomic E-state index is -0.00969. The summed E-state index contributed by atoms with van der Waals surface area (Å²) in [5.41, 5.74) is 2.73. The Kier molecular flexibility index (Phi) is 4.48. The first kappa shape index (κ1) is 12.2. The normalized spacial score (nSPS) is 29.0. The van der Waals surface area contributed by atoms with Gasteiger partial charge in [0.05, 0.1) is 11.7 Å². The Morgan fingerprint density at radius 2 is 1.83 bits per heavy atom. The van der Waals surface area contributed by atoms with Crippen LogP contribution in [0, 0.1) is 0 Å². The number of nitrogens with two attached hydrogens (primary N) is 1. The van der Waals surface area contributed by atoms with Crippen LogP contribution in [0.3, 0.4) is 0 Å². The summed E-state index contributed by atoms with van der Waals surface area (Å²) in [7, 11) is 0. The minimum absolute atomic E-state index is 0. The third kappa shape index (κ3) is 3.72. The maximum absolute atomic E-state index is 5.71. The molecule has 0 atom stereocenters. The van der Waals surface area contributed by atoms with E-state index in [-0.39, 0.29) is 18.0 Å². The van der Waals surface area contributed by atoms with Crippen LogP contribution < -0.4 is 11.3 Å². The maximum Gasteiger partial charge on any atom is 0.0613 e. The minimum Gasteiger partial charge on any atom is -0.373 e. The van der Waals surface area contributed by atoms with E-state index < -0.39 is 0 Å². The average molecular weight is 195 g/mol. The molecular weight excluding hydrogens is 176 g/mol. The first-order valence-corrected chi connectivity index (χ1v) is 4.15. The molecule has 1 rings (SSSR count). The fourth-order valence-corrected chi connectivity index (χ4v) is 1.30. The van der Waals surface area contributed by atoms with Crippen molar-refractivity contribution >= 4 is 12.4 Å². The molecule has 0 unspecified atom stereocenters. The quantitative estimate of drug-likeness (QED) is 0.514. The maximum atomic E-state index is 5.71. The summed E-state index contributed by atoms with van der Waals surface area (Å²) in [5, 5.41) is 0. The Hall–Kier alpha value is 0.170. The molecule has 0 amide bonds. The van der Waals surface area contributed by atoms with Crippen LogP contribution in [-0.4, -0.2) is 17.7 Å². The summed E-state index contributed by atoms with van der Waals surface area (Å²) >= 11 is 0. The molecule has 0 aromatic rings. The second-order valence-corrected chi connectivity index (χ2v) is 4.19. The lowest BCUT2D eigenvalue weighted by Gasteiger charge is -2.38. The van der Waals surface area contributed by atoms with Gasteiger partial charge in [0, 0.05) is 6.04 Å². The van der Waals surface area contributed by atoms with Crippen LogP contribution in [0.25, 0.3) is 0 Å². The number of hydrogen-bond donors (Lipinski definition) is 2. The Balaban J connectivity index is 0.00000121. The highest BCUT2D eigenvalue weighted by Gasteiger charge is 2.31. The summed E-state index contributed by atoms with van der Waals surface area (Å²) in [6, 6.07) is 0.474. The molecule has 0 heterocycles. The summed E-state index contributed by atoms with van der Waals surface area (Å²) < 4.78 is 5.71. The van der Waals surface area contributed by atoms with Gasteiger partial charge in [-0.1, -0.05) is 0 Å². The number of rotatable bonds is 2. The van der Waals surface area contributed by atoms with Gasteiger partial charge in [-0.05, 0) is 33.6 Å². The highest BCUT2D eigenvalue weighted by Crippen LogP contribution is 2.26. The molecule has 1 fully saturated rings. The van der Waals surface area contributed by atoms with E-state index in [1.807, 2.05) is 0 Å². The zero-order valence-corrected chi connectivity index (χ0v) is 8.78. The first-order valence-electron chi connectivity index (χ1n) is 4.15. The van der Waals surface area contributed by atoms with Gasteiger partial charge in [-0.2, -0.15) is 0 Å². The molecule has 4 heteroatoms. The van der Waals surface area contributed by atoms with Crippen LogP contribution >= 0.6 is 12.4 Å². The van der Waals surface area contributed by atoms with Crippen molar-refractivity contribution in [1.29, 1.82) is 0 Å². The Bertz CT molecular complexity index is 130. The summed E-state index contributed by atoms with van der Waals surface area (Å²) in [5.74, 6) is 5.25. The molecule has 1 aliphatic rings. The molecule has 1 aliphatic carbocycles. The summed E-state index contributed by atoms with van der Waals surface area (Å²) in [4.78, 5) is 0. The van der Waals surface area contributed by atoms with Crippen molar-refractivity contribution in [1.82, 2.24) is 5.43 Å². The van der Waals surface area contributed by atoms with Crippen LogP contribution in [0.1, 0.15) is 33.6 Å². The van der Waals surface area contributed by atoms with Gasteiger partial charge in [0.1, 0.15) is 0 Å². The van der Waals surface area contributed by atoms with Gasteiger partial charge < -0.3 is 4.74 Å². The average Bonchev–Trinajstić information content (AvgIpc) is 1.75. The topological polar surface area (TPSA) is 47.3 Å². The number of nitrogens with one attached hydrogen (secondary N) is 1. The van der Waals surface area contributed by atoms with Crippen molar-refractivity contribution in [2.75, 3.05) is 0 Å². The Labute approximate surface area is 80.4 Å². The van der Waals surface area contributed by atoms with Crippen molar-refractivity contribution in [3.05, 3.63) is 0 Å². The van der Waals surface area contributed by atoms with Crippen molar-refractivity contribution in [2.45, 2.75) is 51.4 Å². The van der Waals surface area contributed by atoms with E-state index in [0.29, 0.717) is 12.1 Å². The van der Waals surface area contributed by atoms with Crippen LogP contribution in [0.4, 0.5) is 0 Å². The molecule has 0 radical (unpaired) electrons. The molecule has 1 saturated carbocycles. The molecule has 3 nitrogen and oxygen atoms in total.